The van der Waals surface area contributed by atoms with Crippen LogP contribution in [0.4, 0.5) is 10.1 Å². The number of hydrogen-bond donors (Lipinski definition) is 0. The summed E-state index contributed by atoms with van der Waals surface area (Å²) in [6, 6.07) is 6.00. The highest BCUT2D eigenvalue weighted by Crippen LogP contribution is 2.36. The number of benzene rings is 1. The summed E-state index contributed by atoms with van der Waals surface area (Å²) in [6.07, 6.45) is 3.11. The number of rotatable bonds is 3. The van der Waals surface area contributed by atoms with Crippen LogP contribution >= 0.6 is 0 Å². The summed E-state index contributed by atoms with van der Waals surface area (Å²) in [5.74, 6) is 0.200. The minimum absolute atomic E-state index is 0.142. The van der Waals surface area contributed by atoms with Crippen molar-refractivity contribution in [2.45, 2.75) is 0 Å². The van der Waals surface area contributed by atoms with Crippen molar-refractivity contribution in [2.75, 3.05) is 7.11 Å². The molecule has 0 saturated carbocycles. The molecule has 0 saturated heterocycles. The van der Waals surface area contributed by atoms with Gasteiger partial charge in [0.2, 0.25) is 0 Å². The largest absolute Gasteiger partial charge is 0.508 e. The van der Waals surface area contributed by atoms with Crippen molar-refractivity contribution in [3.8, 4) is 17.2 Å². The molecule has 1 heterocycles. The summed E-state index contributed by atoms with van der Waals surface area (Å²) in [7, 11) is 1.37. The number of nitrogens with zero attached hydrogens (tertiary/aromatic N) is 2. The topological polar surface area (TPSA) is 35.7 Å². The number of pyridine rings is 1. The van der Waals surface area contributed by atoms with Gasteiger partial charge in [-0.25, -0.2) is 9.24 Å². The molecule has 0 fully saturated rings. The number of hydrogen-bond acceptors (Lipinski definition) is 3. The van der Waals surface area contributed by atoms with Gasteiger partial charge in [-0.2, -0.15) is 0 Å². The Labute approximate surface area is 103 Å². The van der Waals surface area contributed by atoms with Crippen LogP contribution in [0.1, 0.15) is 0 Å². The second kappa shape index (κ2) is 5.15. The van der Waals surface area contributed by atoms with Crippen LogP contribution in [-0.2, 0) is 0 Å². The van der Waals surface area contributed by atoms with Gasteiger partial charge in [0.15, 0.2) is 0 Å². The highest BCUT2D eigenvalue weighted by atomic mass is 19.1. The molecule has 0 radical (unpaired) electrons. The highest BCUT2D eigenvalue weighted by molar-refractivity contribution is 5.61. The average molecular weight is 244 g/mol. The predicted molar refractivity (Wildman–Crippen MR) is 63.5 cm³/mol. The molecule has 0 N–H and O–H groups in total. The van der Waals surface area contributed by atoms with Crippen molar-refractivity contribution in [3.05, 3.63) is 53.9 Å². The van der Waals surface area contributed by atoms with Crippen LogP contribution in [0.25, 0.3) is 4.85 Å². The Morgan fingerprint density at radius 3 is 2.78 bits per heavy atom. The van der Waals surface area contributed by atoms with Crippen molar-refractivity contribution >= 4 is 5.69 Å². The quantitative estimate of drug-likeness (QED) is 0.774. The molecule has 0 aliphatic rings. The fourth-order valence-corrected chi connectivity index (χ4v) is 1.42. The van der Waals surface area contributed by atoms with E-state index in [1.54, 1.807) is 18.3 Å². The molecule has 0 bridgehead atoms. The molecule has 5 heteroatoms. The van der Waals surface area contributed by atoms with Crippen molar-refractivity contribution < 1.29 is 13.9 Å². The fourth-order valence-electron chi connectivity index (χ4n) is 1.42. The Bertz CT molecular complexity index is 594. The molecule has 0 spiro atoms. The normalized spacial score (nSPS) is 9.61. The molecule has 0 atom stereocenters. The van der Waals surface area contributed by atoms with E-state index in [4.69, 9.17) is 16.0 Å². The maximum absolute atomic E-state index is 13.6. The monoisotopic (exact) mass is 244 g/mol. The minimum Gasteiger partial charge on any atom is -0.508 e. The van der Waals surface area contributed by atoms with Crippen molar-refractivity contribution in [1.29, 1.82) is 0 Å². The Balaban J connectivity index is 2.36. The third-order valence-corrected chi connectivity index (χ3v) is 2.20. The Hall–Kier alpha value is -2.61. The van der Waals surface area contributed by atoms with Gasteiger partial charge < -0.3 is 9.47 Å². The smallest absolute Gasteiger partial charge is 0.263 e. The maximum Gasteiger partial charge on any atom is 0.263 e. The zero-order valence-electron chi connectivity index (χ0n) is 9.55. The average Bonchev–Trinajstić information content (AvgIpc) is 2.39. The lowest BCUT2D eigenvalue weighted by atomic mass is 10.2. The van der Waals surface area contributed by atoms with Gasteiger partial charge in [-0.1, -0.05) is 0 Å². The van der Waals surface area contributed by atoms with Gasteiger partial charge in [-0.05, 0) is 12.1 Å². The van der Waals surface area contributed by atoms with E-state index in [0.29, 0.717) is 5.75 Å². The molecule has 0 aliphatic carbocycles. The fraction of sp³-hybridized carbons (Fsp3) is 0.0769. The molecule has 0 aliphatic heterocycles. The minimum atomic E-state index is -0.678. The van der Waals surface area contributed by atoms with Gasteiger partial charge in [0.1, 0.15) is 23.1 Å². The SMILES string of the molecule is [C-]#[N+]c1c(F)cc(Oc2cccnc2)cc1OC. The van der Waals surface area contributed by atoms with Gasteiger partial charge in [-0.15, -0.1) is 0 Å². The zero-order chi connectivity index (χ0) is 13.0. The van der Waals surface area contributed by atoms with Crippen LogP contribution in [0.3, 0.4) is 0 Å². The van der Waals surface area contributed by atoms with Gasteiger partial charge in [0.25, 0.3) is 5.69 Å². The molecular weight excluding hydrogens is 235 g/mol. The van der Waals surface area contributed by atoms with Gasteiger partial charge in [-0.3, -0.25) is 4.98 Å². The van der Waals surface area contributed by atoms with E-state index in [-0.39, 0.29) is 17.2 Å². The number of halogens is 1. The van der Waals surface area contributed by atoms with E-state index >= 15 is 0 Å². The number of ether oxygens (including phenoxy) is 2. The molecule has 18 heavy (non-hydrogen) atoms. The summed E-state index contributed by atoms with van der Waals surface area (Å²) >= 11 is 0. The van der Waals surface area contributed by atoms with E-state index in [1.807, 2.05) is 0 Å². The lowest BCUT2D eigenvalue weighted by Gasteiger charge is -2.09. The van der Waals surface area contributed by atoms with Crippen molar-refractivity contribution in [1.82, 2.24) is 4.98 Å². The number of methoxy groups -OCH3 is 1. The Kier molecular flexibility index (Phi) is 3.39. The Morgan fingerprint density at radius 1 is 1.33 bits per heavy atom. The van der Waals surface area contributed by atoms with Crippen LogP contribution in [-0.4, -0.2) is 12.1 Å². The van der Waals surface area contributed by atoms with E-state index < -0.39 is 5.82 Å². The van der Waals surface area contributed by atoms with Crippen LogP contribution < -0.4 is 9.47 Å². The van der Waals surface area contributed by atoms with Crippen molar-refractivity contribution in [3.63, 3.8) is 0 Å². The van der Waals surface area contributed by atoms with Crippen LogP contribution in [0.2, 0.25) is 0 Å². The van der Waals surface area contributed by atoms with E-state index in [9.17, 15) is 4.39 Å². The lowest BCUT2D eigenvalue weighted by Crippen LogP contribution is -1.90. The van der Waals surface area contributed by atoms with Gasteiger partial charge >= 0.3 is 0 Å². The summed E-state index contributed by atoms with van der Waals surface area (Å²) in [5.41, 5.74) is -0.156. The van der Waals surface area contributed by atoms with Gasteiger partial charge in [0, 0.05) is 18.3 Å². The molecule has 0 amide bonds. The molecular formula is C13H9FN2O2. The first kappa shape index (κ1) is 11.9. The molecule has 4 nitrogen and oxygen atoms in total. The lowest BCUT2D eigenvalue weighted by molar-refractivity contribution is 0.407. The van der Waals surface area contributed by atoms with Crippen LogP contribution in [0.15, 0.2) is 36.7 Å². The first-order chi connectivity index (χ1) is 8.74. The standard InChI is InChI=1S/C13H9FN2O2/c1-15-13-11(14)6-10(7-12(13)17-2)18-9-4-3-5-16-8-9/h3-8H,2H3. The van der Waals surface area contributed by atoms with Gasteiger partial charge in [0.05, 0.1) is 19.9 Å². The summed E-state index contributed by atoms with van der Waals surface area (Å²) in [4.78, 5) is 6.95. The molecule has 0 unspecified atom stereocenters. The molecule has 90 valence electrons. The first-order valence-corrected chi connectivity index (χ1v) is 5.07. The molecule has 1 aromatic heterocycles. The van der Waals surface area contributed by atoms with Crippen LogP contribution in [0, 0.1) is 12.4 Å². The highest BCUT2D eigenvalue weighted by Gasteiger charge is 2.12. The summed E-state index contributed by atoms with van der Waals surface area (Å²) < 4.78 is 24.0. The molecule has 2 rings (SSSR count). The third kappa shape index (κ3) is 2.38. The zero-order valence-corrected chi connectivity index (χ0v) is 9.55. The van der Waals surface area contributed by atoms with Crippen LogP contribution in [0.5, 0.6) is 17.2 Å². The second-order valence-corrected chi connectivity index (χ2v) is 3.36. The third-order valence-electron chi connectivity index (χ3n) is 2.20. The first-order valence-electron chi connectivity index (χ1n) is 5.07. The number of aromatic nitrogens is 1. The second-order valence-electron chi connectivity index (χ2n) is 3.36. The summed E-state index contributed by atoms with van der Waals surface area (Å²) in [5, 5.41) is 0. The summed E-state index contributed by atoms with van der Waals surface area (Å²) in [6.45, 7) is 6.87. The predicted octanol–water partition coefficient (Wildman–Crippen LogP) is 3.57. The van der Waals surface area contributed by atoms with E-state index in [0.717, 1.165) is 6.07 Å². The molecule has 1 aromatic carbocycles. The van der Waals surface area contributed by atoms with Crippen molar-refractivity contribution in [2.24, 2.45) is 0 Å². The van der Waals surface area contributed by atoms with E-state index in [2.05, 4.69) is 9.83 Å². The van der Waals surface area contributed by atoms with E-state index in [1.165, 1.54) is 19.4 Å². The Morgan fingerprint density at radius 2 is 2.17 bits per heavy atom. The molecule has 2 aromatic rings. The maximum atomic E-state index is 13.6.